The smallest absolute Gasteiger partial charge is 0.359 e. The van der Waals surface area contributed by atoms with Gasteiger partial charge >= 0.3 is 6.18 Å². The molecule has 0 bridgehead atoms. The van der Waals surface area contributed by atoms with Gasteiger partial charge in [-0.05, 0) is 30.1 Å². The minimum absolute atomic E-state index is 0.401. The number of halogens is 5. The van der Waals surface area contributed by atoms with E-state index in [2.05, 4.69) is 14.7 Å². The van der Waals surface area contributed by atoms with Crippen LogP contribution in [0, 0.1) is 11.6 Å². The molecule has 0 unspecified atom stereocenters. The zero-order valence-corrected chi connectivity index (χ0v) is 12.0. The standard InChI is InChI=1S/C14H8F5N3S/c15-9-3-8-11(4-10(9)16)20-6-12(8)22-23-7-1-2-13(21-5-7)14(17,18)19/h1-6,20,22H. The maximum atomic E-state index is 13.3. The molecular weight excluding hydrogens is 337 g/mol. The number of aromatic nitrogens is 2. The van der Waals surface area contributed by atoms with Crippen LogP contribution in [0.5, 0.6) is 0 Å². The molecule has 3 aromatic rings. The molecule has 0 amide bonds. The van der Waals surface area contributed by atoms with E-state index in [0.717, 1.165) is 36.3 Å². The van der Waals surface area contributed by atoms with E-state index >= 15 is 0 Å². The molecule has 0 radical (unpaired) electrons. The quantitative estimate of drug-likeness (QED) is 0.520. The maximum absolute atomic E-state index is 13.3. The molecule has 0 fully saturated rings. The maximum Gasteiger partial charge on any atom is 0.433 e. The fourth-order valence-electron chi connectivity index (χ4n) is 1.92. The lowest BCUT2D eigenvalue weighted by Crippen LogP contribution is -2.07. The number of alkyl halides is 3. The van der Waals surface area contributed by atoms with E-state index < -0.39 is 23.5 Å². The molecule has 2 N–H and O–H groups in total. The number of pyridine rings is 1. The summed E-state index contributed by atoms with van der Waals surface area (Å²) in [6.45, 7) is 0. The Bertz CT molecular complexity index is 842. The first-order valence-electron chi connectivity index (χ1n) is 6.27. The van der Waals surface area contributed by atoms with Crippen LogP contribution in [0.15, 0.2) is 41.6 Å². The van der Waals surface area contributed by atoms with Crippen LogP contribution in [0.4, 0.5) is 27.6 Å². The number of rotatable bonds is 3. The third kappa shape index (κ3) is 3.24. The van der Waals surface area contributed by atoms with Crippen LogP contribution in [-0.4, -0.2) is 9.97 Å². The van der Waals surface area contributed by atoms with Crippen molar-refractivity contribution in [3.05, 3.63) is 54.0 Å². The van der Waals surface area contributed by atoms with Crippen molar-refractivity contribution < 1.29 is 22.0 Å². The average Bonchev–Trinajstić information content (AvgIpc) is 2.87. The van der Waals surface area contributed by atoms with E-state index in [4.69, 9.17) is 0 Å². The summed E-state index contributed by atoms with van der Waals surface area (Å²) in [5.41, 5.74) is -0.104. The van der Waals surface area contributed by atoms with Crippen LogP contribution in [0.3, 0.4) is 0 Å². The Morgan fingerprint density at radius 1 is 1.09 bits per heavy atom. The van der Waals surface area contributed by atoms with Crippen molar-refractivity contribution >= 4 is 28.5 Å². The molecule has 120 valence electrons. The van der Waals surface area contributed by atoms with Gasteiger partial charge in [-0.3, -0.25) is 4.98 Å². The molecule has 3 nitrogen and oxygen atoms in total. The molecule has 9 heteroatoms. The van der Waals surface area contributed by atoms with E-state index in [1.165, 1.54) is 12.3 Å². The molecule has 0 atom stereocenters. The molecule has 0 saturated heterocycles. The van der Waals surface area contributed by atoms with Crippen molar-refractivity contribution in [2.24, 2.45) is 0 Å². The number of fused-ring (bicyclic) bond motifs is 1. The Balaban J connectivity index is 1.77. The molecule has 23 heavy (non-hydrogen) atoms. The molecule has 2 aromatic heterocycles. The number of H-pyrrole nitrogens is 1. The van der Waals surface area contributed by atoms with Gasteiger partial charge in [0.25, 0.3) is 0 Å². The summed E-state index contributed by atoms with van der Waals surface area (Å²) in [5, 5.41) is 0.427. The fourth-order valence-corrected chi connectivity index (χ4v) is 2.56. The van der Waals surface area contributed by atoms with Crippen molar-refractivity contribution in [1.82, 2.24) is 9.97 Å². The van der Waals surface area contributed by atoms with Gasteiger partial charge < -0.3 is 9.71 Å². The van der Waals surface area contributed by atoms with E-state index in [1.54, 1.807) is 0 Å². The van der Waals surface area contributed by atoms with Crippen LogP contribution in [0.2, 0.25) is 0 Å². The molecule has 0 aliphatic heterocycles. The second-order valence-corrected chi connectivity index (χ2v) is 5.47. The van der Waals surface area contributed by atoms with Crippen molar-refractivity contribution in [1.29, 1.82) is 0 Å². The highest BCUT2D eigenvalue weighted by atomic mass is 32.2. The third-order valence-corrected chi connectivity index (χ3v) is 3.83. The highest BCUT2D eigenvalue weighted by molar-refractivity contribution is 8.00. The van der Waals surface area contributed by atoms with Crippen molar-refractivity contribution in [2.75, 3.05) is 4.72 Å². The lowest BCUT2D eigenvalue weighted by atomic mass is 10.2. The van der Waals surface area contributed by atoms with Gasteiger partial charge in [0.2, 0.25) is 0 Å². The number of anilines is 1. The molecule has 0 saturated carbocycles. The summed E-state index contributed by atoms with van der Waals surface area (Å²) >= 11 is 1.01. The molecule has 3 rings (SSSR count). The average molecular weight is 345 g/mol. The Labute approximate surface area is 131 Å². The van der Waals surface area contributed by atoms with Crippen LogP contribution < -0.4 is 4.72 Å². The normalized spacial score (nSPS) is 11.9. The minimum Gasteiger partial charge on any atom is -0.359 e. The van der Waals surface area contributed by atoms with Crippen molar-refractivity contribution in [3.8, 4) is 0 Å². The number of hydrogen-bond acceptors (Lipinski definition) is 3. The molecule has 0 aliphatic rings. The van der Waals surface area contributed by atoms with Gasteiger partial charge in [-0.1, -0.05) is 0 Å². The van der Waals surface area contributed by atoms with Crippen LogP contribution in [0.25, 0.3) is 10.9 Å². The second-order valence-electron chi connectivity index (χ2n) is 4.60. The second kappa shape index (κ2) is 5.73. The van der Waals surface area contributed by atoms with Gasteiger partial charge in [0, 0.05) is 28.7 Å². The molecule has 0 spiro atoms. The SMILES string of the molecule is Fc1cc2[nH]cc(NSc3ccc(C(F)(F)F)nc3)c2cc1F. The summed E-state index contributed by atoms with van der Waals surface area (Å²) in [4.78, 5) is 6.55. The highest BCUT2D eigenvalue weighted by Gasteiger charge is 2.32. The topological polar surface area (TPSA) is 40.7 Å². The Kier molecular flexibility index (Phi) is 3.88. The zero-order chi connectivity index (χ0) is 16.6. The van der Waals surface area contributed by atoms with E-state index in [0.29, 0.717) is 21.5 Å². The number of nitrogens with zero attached hydrogens (tertiary/aromatic N) is 1. The fraction of sp³-hybridized carbons (Fsp3) is 0.0714. The Morgan fingerprint density at radius 3 is 2.48 bits per heavy atom. The van der Waals surface area contributed by atoms with Crippen molar-refractivity contribution in [2.45, 2.75) is 11.1 Å². The van der Waals surface area contributed by atoms with Crippen LogP contribution >= 0.6 is 11.9 Å². The summed E-state index contributed by atoms with van der Waals surface area (Å²) < 4.78 is 66.5. The van der Waals surface area contributed by atoms with E-state index in [1.807, 2.05) is 0 Å². The Hall–Kier alpha value is -2.29. The predicted molar refractivity (Wildman–Crippen MR) is 76.9 cm³/mol. The first kappa shape index (κ1) is 15.6. The first-order chi connectivity index (χ1) is 10.8. The van der Waals surface area contributed by atoms with Gasteiger partial charge in [-0.2, -0.15) is 13.2 Å². The molecule has 1 aromatic carbocycles. The molecule has 2 heterocycles. The van der Waals surface area contributed by atoms with Gasteiger partial charge in [0.1, 0.15) is 5.69 Å². The number of hydrogen-bond donors (Lipinski definition) is 2. The number of nitrogens with one attached hydrogen (secondary N) is 2. The van der Waals surface area contributed by atoms with Gasteiger partial charge in [-0.15, -0.1) is 0 Å². The number of aromatic amines is 1. The third-order valence-electron chi connectivity index (χ3n) is 3.03. The van der Waals surface area contributed by atoms with Gasteiger partial charge in [0.15, 0.2) is 11.6 Å². The summed E-state index contributed by atoms with van der Waals surface area (Å²) in [5.74, 6) is -1.95. The highest BCUT2D eigenvalue weighted by Crippen LogP contribution is 2.31. The van der Waals surface area contributed by atoms with Crippen molar-refractivity contribution in [3.63, 3.8) is 0 Å². The lowest BCUT2D eigenvalue weighted by molar-refractivity contribution is -0.141. The summed E-state index contributed by atoms with van der Waals surface area (Å²) in [6, 6.07) is 4.20. The van der Waals surface area contributed by atoms with Gasteiger partial charge in [0.05, 0.1) is 11.2 Å². The summed E-state index contributed by atoms with van der Waals surface area (Å²) in [7, 11) is 0. The lowest BCUT2D eigenvalue weighted by Gasteiger charge is -2.07. The summed E-state index contributed by atoms with van der Waals surface area (Å²) in [6.07, 6.45) is -1.90. The largest absolute Gasteiger partial charge is 0.433 e. The molecule has 0 aliphatic carbocycles. The monoisotopic (exact) mass is 345 g/mol. The Morgan fingerprint density at radius 2 is 1.83 bits per heavy atom. The first-order valence-corrected chi connectivity index (χ1v) is 7.08. The van der Waals surface area contributed by atoms with Crippen LogP contribution in [-0.2, 0) is 6.18 Å². The predicted octanol–water partition coefficient (Wildman–Crippen LogP) is 4.98. The molecular formula is C14H8F5N3S. The number of benzene rings is 1. The van der Waals surface area contributed by atoms with Crippen LogP contribution in [0.1, 0.15) is 5.69 Å². The minimum atomic E-state index is -4.49. The van der Waals surface area contributed by atoms with Gasteiger partial charge in [-0.25, -0.2) is 8.78 Å². The van der Waals surface area contributed by atoms with E-state index in [9.17, 15) is 22.0 Å². The van der Waals surface area contributed by atoms with E-state index in [-0.39, 0.29) is 0 Å². The zero-order valence-electron chi connectivity index (χ0n) is 11.2.